The molecule has 0 unspecified atom stereocenters. The summed E-state index contributed by atoms with van der Waals surface area (Å²) in [7, 11) is 0. The van der Waals surface area contributed by atoms with Crippen LogP contribution < -0.4 is 5.73 Å². The minimum absolute atomic E-state index is 0.0256. The van der Waals surface area contributed by atoms with E-state index in [0.717, 1.165) is 31.7 Å². The van der Waals surface area contributed by atoms with Crippen LogP contribution in [-0.4, -0.2) is 29.1 Å². The van der Waals surface area contributed by atoms with Crippen molar-refractivity contribution in [1.82, 2.24) is 9.38 Å². The summed E-state index contributed by atoms with van der Waals surface area (Å²) in [6.07, 6.45) is 5.89. The SMILES string of the molecule is NCC1(c2ncn3ccsc23)CCOCC1. The Kier molecular flexibility index (Phi) is 2.46. The van der Waals surface area contributed by atoms with Crippen molar-refractivity contribution in [3.05, 3.63) is 23.6 Å². The van der Waals surface area contributed by atoms with Crippen LogP contribution in [0.3, 0.4) is 0 Å². The second kappa shape index (κ2) is 3.84. The van der Waals surface area contributed by atoms with Crippen molar-refractivity contribution in [3.8, 4) is 0 Å². The number of nitrogens with zero attached hydrogens (tertiary/aromatic N) is 2. The van der Waals surface area contributed by atoms with E-state index in [1.54, 1.807) is 11.3 Å². The summed E-state index contributed by atoms with van der Waals surface area (Å²) in [5.74, 6) is 0. The third-order valence-electron chi connectivity index (χ3n) is 3.49. The van der Waals surface area contributed by atoms with Gasteiger partial charge in [-0.1, -0.05) is 0 Å². The quantitative estimate of drug-likeness (QED) is 0.859. The summed E-state index contributed by atoms with van der Waals surface area (Å²) in [6.45, 7) is 2.24. The number of hydrogen-bond acceptors (Lipinski definition) is 4. The minimum Gasteiger partial charge on any atom is -0.381 e. The largest absolute Gasteiger partial charge is 0.381 e. The third-order valence-corrected chi connectivity index (χ3v) is 4.38. The Bertz CT molecular complexity index is 484. The topological polar surface area (TPSA) is 52.5 Å². The van der Waals surface area contributed by atoms with E-state index >= 15 is 0 Å². The van der Waals surface area contributed by atoms with Gasteiger partial charge in [0.2, 0.25) is 0 Å². The average Bonchev–Trinajstić information content (AvgIpc) is 2.91. The lowest BCUT2D eigenvalue weighted by atomic mass is 9.77. The number of thiazole rings is 1. The van der Waals surface area contributed by atoms with Crippen LogP contribution in [-0.2, 0) is 10.2 Å². The van der Waals surface area contributed by atoms with Gasteiger partial charge in [-0.05, 0) is 12.8 Å². The second-order valence-corrected chi connectivity index (χ2v) is 5.20. The lowest BCUT2D eigenvalue weighted by molar-refractivity contribution is 0.0522. The first-order valence-corrected chi connectivity index (χ1v) is 6.42. The number of imidazole rings is 1. The summed E-state index contributed by atoms with van der Waals surface area (Å²) in [4.78, 5) is 5.79. The molecule has 5 heteroatoms. The molecule has 0 amide bonds. The highest BCUT2D eigenvalue weighted by atomic mass is 32.1. The first kappa shape index (κ1) is 10.3. The fourth-order valence-electron chi connectivity index (χ4n) is 2.40. The van der Waals surface area contributed by atoms with Gasteiger partial charge in [0, 0.05) is 36.8 Å². The van der Waals surface area contributed by atoms with Gasteiger partial charge in [-0.3, -0.25) is 4.40 Å². The highest BCUT2D eigenvalue weighted by Gasteiger charge is 2.36. The van der Waals surface area contributed by atoms with E-state index in [1.807, 2.05) is 12.5 Å². The number of hydrogen-bond donors (Lipinski definition) is 1. The lowest BCUT2D eigenvalue weighted by Crippen LogP contribution is -2.41. The Morgan fingerprint density at radius 3 is 3.06 bits per heavy atom. The Morgan fingerprint density at radius 2 is 2.31 bits per heavy atom. The van der Waals surface area contributed by atoms with E-state index in [9.17, 15) is 0 Å². The molecule has 0 radical (unpaired) electrons. The van der Waals surface area contributed by atoms with Gasteiger partial charge in [0.15, 0.2) is 0 Å². The zero-order valence-electron chi connectivity index (χ0n) is 9.06. The molecule has 0 spiro atoms. The second-order valence-electron chi connectivity index (χ2n) is 4.31. The van der Waals surface area contributed by atoms with Gasteiger partial charge < -0.3 is 10.5 Å². The van der Waals surface area contributed by atoms with Gasteiger partial charge in [-0.25, -0.2) is 4.98 Å². The van der Waals surface area contributed by atoms with Crippen molar-refractivity contribution in [1.29, 1.82) is 0 Å². The van der Waals surface area contributed by atoms with Crippen LogP contribution in [0.2, 0.25) is 0 Å². The summed E-state index contributed by atoms with van der Waals surface area (Å²) in [5, 5.41) is 2.09. The molecule has 1 fully saturated rings. The summed E-state index contributed by atoms with van der Waals surface area (Å²) < 4.78 is 7.51. The van der Waals surface area contributed by atoms with Crippen molar-refractivity contribution in [3.63, 3.8) is 0 Å². The Balaban J connectivity index is 2.09. The predicted molar refractivity (Wildman–Crippen MR) is 63.9 cm³/mol. The molecular weight excluding hydrogens is 222 g/mol. The first-order chi connectivity index (χ1) is 7.86. The van der Waals surface area contributed by atoms with Crippen LogP contribution in [0.15, 0.2) is 17.9 Å². The lowest BCUT2D eigenvalue weighted by Gasteiger charge is -2.34. The molecule has 16 heavy (non-hydrogen) atoms. The molecule has 2 N–H and O–H groups in total. The van der Waals surface area contributed by atoms with Crippen LogP contribution in [0.4, 0.5) is 0 Å². The fraction of sp³-hybridized carbons (Fsp3) is 0.545. The van der Waals surface area contributed by atoms with Crippen molar-refractivity contribution >= 4 is 16.2 Å². The minimum atomic E-state index is 0.0256. The molecule has 4 nitrogen and oxygen atoms in total. The van der Waals surface area contributed by atoms with Crippen LogP contribution in [0.1, 0.15) is 18.5 Å². The molecule has 3 heterocycles. The number of fused-ring (bicyclic) bond motifs is 1. The van der Waals surface area contributed by atoms with E-state index in [1.165, 1.54) is 4.83 Å². The van der Waals surface area contributed by atoms with Gasteiger partial charge in [-0.2, -0.15) is 0 Å². The summed E-state index contributed by atoms with van der Waals surface area (Å²) in [5.41, 5.74) is 7.18. The highest BCUT2D eigenvalue weighted by molar-refractivity contribution is 7.15. The summed E-state index contributed by atoms with van der Waals surface area (Å²) in [6, 6.07) is 0. The molecule has 1 aliphatic heterocycles. The smallest absolute Gasteiger partial charge is 0.123 e. The Labute approximate surface area is 98.0 Å². The number of aromatic nitrogens is 2. The zero-order chi connectivity index (χ0) is 11.0. The molecule has 2 aromatic rings. The first-order valence-electron chi connectivity index (χ1n) is 5.54. The Hall–Kier alpha value is -0.910. The molecule has 0 bridgehead atoms. The van der Waals surface area contributed by atoms with E-state index in [4.69, 9.17) is 10.5 Å². The van der Waals surface area contributed by atoms with Crippen LogP contribution in [0, 0.1) is 0 Å². The number of ether oxygens (including phenoxy) is 1. The van der Waals surface area contributed by atoms with E-state index in [2.05, 4.69) is 14.8 Å². The maximum Gasteiger partial charge on any atom is 0.123 e. The fourth-order valence-corrected chi connectivity index (χ4v) is 3.33. The van der Waals surface area contributed by atoms with Crippen LogP contribution in [0.25, 0.3) is 4.83 Å². The molecule has 2 aromatic heterocycles. The standard InChI is InChI=1S/C11H15N3OS/c12-7-11(1-4-15-5-2-11)9-10-14(8-13-9)3-6-16-10/h3,6,8H,1-2,4-5,7,12H2. The summed E-state index contributed by atoms with van der Waals surface area (Å²) >= 11 is 1.73. The predicted octanol–water partition coefficient (Wildman–Crippen LogP) is 1.40. The monoisotopic (exact) mass is 237 g/mol. The number of nitrogens with two attached hydrogens (primary N) is 1. The molecule has 0 aromatic carbocycles. The molecule has 3 rings (SSSR count). The van der Waals surface area contributed by atoms with E-state index < -0.39 is 0 Å². The maximum atomic E-state index is 5.99. The van der Waals surface area contributed by atoms with Crippen molar-refractivity contribution in [2.24, 2.45) is 5.73 Å². The normalized spacial score (nSPS) is 20.3. The molecule has 1 saturated heterocycles. The van der Waals surface area contributed by atoms with Crippen molar-refractivity contribution < 1.29 is 4.74 Å². The molecule has 86 valence electrons. The maximum absolute atomic E-state index is 5.99. The molecule has 1 aliphatic rings. The van der Waals surface area contributed by atoms with E-state index in [-0.39, 0.29) is 5.41 Å². The third kappa shape index (κ3) is 1.39. The van der Waals surface area contributed by atoms with Gasteiger partial charge in [0.1, 0.15) is 11.2 Å². The van der Waals surface area contributed by atoms with E-state index in [0.29, 0.717) is 6.54 Å². The highest BCUT2D eigenvalue weighted by Crippen LogP contribution is 2.36. The van der Waals surface area contributed by atoms with Gasteiger partial charge in [-0.15, -0.1) is 11.3 Å². The molecule has 0 aliphatic carbocycles. The number of rotatable bonds is 2. The van der Waals surface area contributed by atoms with Gasteiger partial charge >= 0.3 is 0 Å². The van der Waals surface area contributed by atoms with Crippen molar-refractivity contribution in [2.75, 3.05) is 19.8 Å². The Morgan fingerprint density at radius 1 is 1.50 bits per heavy atom. The van der Waals surface area contributed by atoms with Gasteiger partial charge in [0.05, 0.1) is 5.69 Å². The molecule has 0 saturated carbocycles. The average molecular weight is 237 g/mol. The molecular formula is C11H15N3OS. The van der Waals surface area contributed by atoms with Crippen LogP contribution >= 0.6 is 11.3 Å². The zero-order valence-corrected chi connectivity index (χ0v) is 9.87. The van der Waals surface area contributed by atoms with Gasteiger partial charge in [0.25, 0.3) is 0 Å². The van der Waals surface area contributed by atoms with Crippen LogP contribution in [0.5, 0.6) is 0 Å². The van der Waals surface area contributed by atoms with Crippen molar-refractivity contribution in [2.45, 2.75) is 18.3 Å². The molecule has 0 atom stereocenters.